The van der Waals surface area contributed by atoms with Crippen LogP contribution in [0.25, 0.3) is 0 Å². The number of aliphatic hydroxyl groups is 8. The summed E-state index contributed by atoms with van der Waals surface area (Å²) in [4.78, 5) is 13.4. The summed E-state index contributed by atoms with van der Waals surface area (Å²) in [5.41, 5.74) is 0. The predicted octanol–water partition coefficient (Wildman–Crippen LogP) is 20.1. The van der Waals surface area contributed by atoms with Gasteiger partial charge in [-0.05, 0) is 83.5 Å². The van der Waals surface area contributed by atoms with Crippen molar-refractivity contribution in [2.24, 2.45) is 0 Å². The number of nitrogens with one attached hydrogen (secondary N) is 1. The van der Waals surface area contributed by atoms with Crippen LogP contribution in [-0.4, -0.2) is 140 Å². The summed E-state index contributed by atoms with van der Waals surface area (Å²) in [7, 11) is 0. The van der Waals surface area contributed by atoms with Crippen molar-refractivity contribution in [2.75, 3.05) is 19.8 Å². The van der Waals surface area contributed by atoms with Crippen molar-refractivity contribution in [2.45, 2.75) is 453 Å². The van der Waals surface area contributed by atoms with Crippen molar-refractivity contribution in [1.82, 2.24) is 5.32 Å². The van der Waals surface area contributed by atoms with Crippen molar-refractivity contribution < 1.29 is 64.6 Å². The van der Waals surface area contributed by atoms with Gasteiger partial charge in [-0.2, -0.15) is 0 Å². The van der Waals surface area contributed by atoms with Crippen LogP contribution < -0.4 is 5.32 Å². The molecule has 2 aliphatic heterocycles. The lowest BCUT2D eigenvalue weighted by Crippen LogP contribution is -2.65. The molecule has 0 aromatic carbocycles. The molecule has 0 aliphatic carbocycles. The van der Waals surface area contributed by atoms with Gasteiger partial charge in [-0.25, -0.2) is 0 Å². The number of aliphatic hydroxyl groups excluding tert-OH is 8. The molecule has 0 radical (unpaired) electrons. The SMILES string of the molecule is CCCCCCC/C=C\C/C=C\C/C=C\CCCCCCCCCCCCCCCCCCCCCCCCCCC(=O)NC(COC1OC(CO)C(OC2OC(CO)C(O)C(O)C2O)C(O)C1O)C(O)/C=C/CC/C=C/CC/C=C/CCCCCCCCCCCCCCCCCCCC. The zero-order valence-electron chi connectivity index (χ0n) is 64.9. The van der Waals surface area contributed by atoms with Crippen LogP contribution in [0.3, 0.4) is 0 Å². The van der Waals surface area contributed by atoms with Crippen molar-refractivity contribution in [1.29, 1.82) is 0 Å². The molecule has 2 aliphatic rings. The topological polar surface area (TPSA) is 228 Å². The van der Waals surface area contributed by atoms with Gasteiger partial charge in [0.05, 0.1) is 32.0 Å². The maximum Gasteiger partial charge on any atom is 0.220 e. The molecule has 12 atom stereocenters. The Hall–Kier alpha value is -2.57. The van der Waals surface area contributed by atoms with Crippen molar-refractivity contribution >= 4 is 5.91 Å². The molecule has 101 heavy (non-hydrogen) atoms. The minimum atomic E-state index is -1.80. The molecule has 2 rings (SSSR count). The second-order valence-corrected chi connectivity index (χ2v) is 29.9. The Bertz CT molecular complexity index is 1980. The normalized spacial score (nSPS) is 22.1. The van der Waals surface area contributed by atoms with Crippen LogP contribution in [-0.2, 0) is 23.7 Å². The van der Waals surface area contributed by atoms with Crippen LogP contribution >= 0.6 is 0 Å². The number of unbranched alkanes of at least 4 members (excludes halogenated alkanes) is 49. The molecule has 12 unspecified atom stereocenters. The molecule has 0 spiro atoms. The maximum absolute atomic E-state index is 13.4. The summed E-state index contributed by atoms with van der Waals surface area (Å²) < 4.78 is 22.9. The molecule has 2 fully saturated rings. The molecule has 2 saturated heterocycles. The number of hydrogen-bond donors (Lipinski definition) is 9. The summed E-state index contributed by atoms with van der Waals surface area (Å²) in [5.74, 6) is -0.247. The van der Waals surface area contributed by atoms with E-state index in [0.29, 0.717) is 12.8 Å². The van der Waals surface area contributed by atoms with Crippen LogP contribution in [0.1, 0.15) is 380 Å². The van der Waals surface area contributed by atoms with E-state index >= 15 is 0 Å². The van der Waals surface area contributed by atoms with E-state index in [1.165, 1.54) is 289 Å². The number of ether oxygens (including phenoxy) is 4. The van der Waals surface area contributed by atoms with Crippen LogP contribution in [0, 0.1) is 0 Å². The third-order valence-corrected chi connectivity index (χ3v) is 20.6. The lowest BCUT2D eigenvalue weighted by molar-refractivity contribution is -0.359. The summed E-state index contributed by atoms with van der Waals surface area (Å²) in [5, 5.41) is 87.7. The van der Waals surface area contributed by atoms with E-state index in [1.807, 2.05) is 6.08 Å². The molecule has 0 saturated carbocycles. The second-order valence-electron chi connectivity index (χ2n) is 29.9. The molecule has 14 heteroatoms. The standard InChI is InChI=1S/C87H159NO13/c1-3-5-7-9-11-13-15-17-19-21-23-25-27-29-31-33-34-35-36-37-38-39-40-41-42-43-45-47-49-51-53-55-57-59-61-63-65-67-69-71-79(92)88-75(74-98-86-84(97)82(95)85(78(73-90)100-86)101-87-83(96)81(94)80(93)77(72-89)99-87)76(91)70-68-66-64-62-60-58-56-54-52-50-48-46-44-32-30-28-26-24-22-20-18-16-14-12-10-8-6-4-2/h15,17,21,23,27,29,52,54,60,62,68,70,75-78,80-87,89-91,93-97H,3-14,16,18-20,22,24-26,28,30-51,53,55-59,61,63-67,69,71-74H2,1-2H3,(H,88,92)/b17-15-,23-21-,29-27-,54-52+,62-60+,70-68+. The molecule has 0 aromatic heterocycles. The Labute approximate surface area is 618 Å². The number of allylic oxidation sites excluding steroid dienone is 11. The van der Waals surface area contributed by atoms with E-state index < -0.39 is 86.8 Å². The van der Waals surface area contributed by atoms with Crippen molar-refractivity contribution in [3.8, 4) is 0 Å². The van der Waals surface area contributed by atoms with Gasteiger partial charge in [-0.1, -0.05) is 363 Å². The number of carbonyl (C=O) groups excluding carboxylic acids is 1. The zero-order valence-corrected chi connectivity index (χ0v) is 64.9. The number of rotatable bonds is 72. The lowest BCUT2D eigenvalue weighted by atomic mass is 9.97. The number of carbonyl (C=O) groups is 1. The highest BCUT2D eigenvalue weighted by Gasteiger charge is 2.51. The first-order chi connectivity index (χ1) is 49.6. The summed E-state index contributed by atoms with van der Waals surface area (Å²) in [6.07, 6.45) is 81.5. The van der Waals surface area contributed by atoms with E-state index in [-0.39, 0.29) is 18.9 Å². The summed E-state index contributed by atoms with van der Waals surface area (Å²) in [6, 6.07) is -0.941. The highest BCUT2D eigenvalue weighted by atomic mass is 16.7. The van der Waals surface area contributed by atoms with Crippen LogP contribution in [0.15, 0.2) is 72.9 Å². The van der Waals surface area contributed by atoms with E-state index in [4.69, 9.17) is 18.9 Å². The molecular weight excluding hydrogens is 1270 g/mol. The fraction of sp³-hybridized carbons (Fsp3) is 0.851. The van der Waals surface area contributed by atoms with Crippen LogP contribution in [0.4, 0.5) is 0 Å². The average molecular weight is 1430 g/mol. The van der Waals surface area contributed by atoms with E-state index in [1.54, 1.807) is 6.08 Å². The molecule has 2 heterocycles. The average Bonchev–Trinajstić information content (AvgIpc) is 0.790. The minimum absolute atomic E-state index is 0.247. The molecule has 590 valence electrons. The molecule has 9 N–H and O–H groups in total. The Morgan fingerprint density at radius 3 is 1.04 bits per heavy atom. The Balaban J connectivity index is 1.59. The first kappa shape index (κ1) is 94.5. The highest BCUT2D eigenvalue weighted by Crippen LogP contribution is 2.30. The van der Waals surface area contributed by atoms with Crippen molar-refractivity contribution in [3.63, 3.8) is 0 Å². The first-order valence-electron chi connectivity index (χ1n) is 42.7. The van der Waals surface area contributed by atoms with Gasteiger partial charge in [-0.15, -0.1) is 0 Å². The number of hydrogen-bond acceptors (Lipinski definition) is 13. The minimum Gasteiger partial charge on any atom is -0.394 e. The van der Waals surface area contributed by atoms with Crippen LogP contribution in [0.5, 0.6) is 0 Å². The van der Waals surface area contributed by atoms with E-state index in [0.717, 1.165) is 57.8 Å². The molecule has 0 bridgehead atoms. The predicted molar refractivity (Wildman–Crippen MR) is 420 cm³/mol. The van der Waals surface area contributed by atoms with Gasteiger partial charge in [0.1, 0.15) is 48.8 Å². The Morgan fingerprint density at radius 2 is 0.663 bits per heavy atom. The number of amides is 1. The van der Waals surface area contributed by atoms with E-state index in [9.17, 15) is 45.6 Å². The lowest BCUT2D eigenvalue weighted by Gasteiger charge is -2.46. The third kappa shape index (κ3) is 53.0. The van der Waals surface area contributed by atoms with Crippen LogP contribution in [0.2, 0.25) is 0 Å². The first-order valence-corrected chi connectivity index (χ1v) is 42.7. The monoisotopic (exact) mass is 1430 g/mol. The smallest absolute Gasteiger partial charge is 0.220 e. The molecule has 0 aromatic rings. The fourth-order valence-corrected chi connectivity index (χ4v) is 13.9. The van der Waals surface area contributed by atoms with Gasteiger partial charge in [0.15, 0.2) is 12.6 Å². The Morgan fingerprint density at radius 1 is 0.356 bits per heavy atom. The summed E-state index contributed by atoms with van der Waals surface area (Å²) >= 11 is 0. The fourth-order valence-electron chi connectivity index (χ4n) is 13.9. The zero-order chi connectivity index (χ0) is 73.0. The van der Waals surface area contributed by atoms with Gasteiger partial charge >= 0.3 is 0 Å². The second kappa shape index (κ2) is 70.4. The third-order valence-electron chi connectivity index (χ3n) is 20.6. The van der Waals surface area contributed by atoms with Gasteiger partial charge < -0.3 is 65.1 Å². The largest absolute Gasteiger partial charge is 0.394 e. The van der Waals surface area contributed by atoms with Gasteiger partial charge in [-0.3, -0.25) is 4.79 Å². The van der Waals surface area contributed by atoms with Gasteiger partial charge in [0.2, 0.25) is 5.91 Å². The maximum atomic E-state index is 13.4. The molecular formula is C87H159NO13. The summed E-state index contributed by atoms with van der Waals surface area (Å²) in [6.45, 7) is 2.82. The quantitative estimate of drug-likeness (QED) is 0.0204. The van der Waals surface area contributed by atoms with Gasteiger partial charge in [0, 0.05) is 6.42 Å². The van der Waals surface area contributed by atoms with Gasteiger partial charge in [0.25, 0.3) is 0 Å². The molecule has 1 amide bonds. The highest BCUT2D eigenvalue weighted by molar-refractivity contribution is 5.76. The Kier molecular flexibility index (Phi) is 65.9. The molecule has 14 nitrogen and oxygen atoms in total. The van der Waals surface area contributed by atoms with E-state index in [2.05, 4.69) is 79.9 Å². The van der Waals surface area contributed by atoms with Crippen molar-refractivity contribution in [3.05, 3.63) is 72.9 Å².